The van der Waals surface area contributed by atoms with Crippen LogP contribution in [0.15, 0.2) is 48.7 Å². The second-order valence-corrected chi connectivity index (χ2v) is 4.20. The molecule has 0 atom stereocenters. The summed E-state index contributed by atoms with van der Waals surface area (Å²) in [5, 5.41) is 3.46. The number of hydrogen-bond acceptors (Lipinski definition) is 1. The van der Waals surface area contributed by atoms with Crippen molar-refractivity contribution >= 4 is 5.69 Å². The van der Waals surface area contributed by atoms with E-state index in [1.165, 1.54) is 16.9 Å². The Bertz CT molecular complexity index is 497. The molecule has 0 fully saturated rings. The van der Waals surface area contributed by atoms with Crippen molar-refractivity contribution in [3.63, 3.8) is 0 Å². The molecule has 0 radical (unpaired) electrons. The lowest BCUT2D eigenvalue weighted by atomic mass is 10.2. The Balaban J connectivity index is 0.00000162. The van der Waals surface area contributed by atoms with Crippen molar-refractivity contribution in [1.29, 1.82) is 0 Å². The van der Waals surface area contributed by atoms with Gasteiger partial charge in [-0.2, -0.15) is 0 Å². The topological polar surface area (TPSA) is 15.9 Å². The lowest BCUT2D eigenvalue weighted by Gasteiger charge is -2.06. The molecule has 0 bridgehead atoms. The summed E-state index contributed by atoms with van der Waals surface area (Å²) in [4.78, 5) is 0. The van der Waals surface area contributed by atoms with Gasteiger partial charge in [0.15, 0.2) is 6.20 Å². The van der Waals surface area contributed by atoms with Gasteiger partial charge in [-0.1, -0.05) is 18.2 Å². The van der Waals surface area contributed by atoms with E-state index in [9.17, 15) is 0 Å². The Morgan fingerprint density at radius 3 is 2.67 bits per heavy atom. The molecule has 1 aromatic carbocycles. The Hall–Kier alpha value is -1.10. The van der Waals surface area contributed by atoms with E-state index in [2.05, 4.69) is 72.4 Å². The van der Waals surface area contributed by atoms with Gasteiger partial charge in [-0.25, -0.2) is 4.57 Å². The van der Waals surface area contributed by atoms with Crippen LogP contribution in [0.2, 0.25) is 0 Å². The van der Waals surface area contributed by atoms with E-state index in [0.29, 0.717) is 0 Å². The number of rotatable bonds is 4. The monoisotopic (exact) mass is 354 g/mol. The van der Waals surface area contributed by atoms with E-state index in [1.54, 1.807) is 0 Å². The molecule has 3 heteroatoms. The second kappa shape index (κ2) is 7.36. The number of anilines is 1. The van der Waals surface area contributed by atoms with Crippen LogP contribution in [0, 0.1) is 6.92 Å². The Kier molecular flexibility index (Phi) is 6.12. The summed E-state index contributed by atoms with van der Waals surface area (Å²) in [5.41, 5.74) is 3.76. The molecule has 0 aliphatic carbocycles. The standard InChI is InChI=1S/C15H19N2.HI/c1-3-17-10-5-4-9-15(17)12-16-14-8-6-7-13(2)11-14;/h4-11,16H,3,12H2,1-2H3;1H/q+1;/p-1. The zero-order chi connectivity index (χ0) is 12.1. The summed E-state index contributed by atoms with van der Waals surface area (Å²) in [5.74, 6) is 0. The van der Waals surface area contributed by atoms with Crippen LogP contribution in [0.5, 0.6) is 0 Å². The maximum absolute atomic E-state index is 3.46. The SMILES string of the molecule is CC[n+]1ccccc1CNc1cccc(C)c1.[I-]. The van der Waals surface area contributed by atoms with Crippen molar-refractivity contribution in [2.45, 2.75) is 26.9 Å². The van der Waals surface area contributed by atoms with Crippen molar-refractivity contribution in [2.75, 3.05) is 5.32 Å². The molecular formula is C15H19IN2. The van der Waals surface area contributed by atoms with E-state index >= 15 is 0 Å². The average molecular weight is 354 g/mol. The second-order valence-electron chi connectivity index (χ2n) is 4.20. The molecule has 2 aromatic rings. The van der Waals surface area contributed by atoms with Crippen molar-refractivity contribution < 1.29 is 28.5 Å². The Morgan fingerprint density at radius 1 is 1.11 bits per heavy atom. The van der Waals surface area contributed by atoms with Gasteiger partial charge in [-0.05, 0) is 31.5 Å². The van der Waals surface area contributed by atoms with E-state index in [-0.39, 0.29) is 24.0 Å². The number of pyridine rings is 1. The number of nitrogens with zero attached hydrogens (tertiary/aromatic N) is 1. The first-order valence-electron chi connectivity index (χ1n) is 6.07. The molecule has 0 aliphatic rings. The molecule has 96 valence electrons. The predicted molar refractivity (Wildman–Crippen MR) is 70.8 cm³/mol. The maximum Gasteiger partial charge on any atom is 0.200 e. The number of aryl methyl sites for hydroxylation is 2. The van der Waals surface area contributed by atoms with E-state index < -0.39 is 0 Å². The van der Waals surface area contributed by atoms with Crippen LogP contribution in [0.3, 0.4) is 0 Å². The third-order valence-corrected chi connectivity index (χ3v) is 2.87. The minimum atomic E-state index is 0. The smallest absolute Gasteiger partial charge is 0.200 e. The highest BCUT2D eigenvalue weighted by molar-refractivity contribution is 5.45. The zero-order valence-corrected chi connectivity index (χ0v) is 13.0. The molecule has 0 saturated carbocycles. The van der Waals surface area contributed by atoms with Crippen LogP contribution >= 0.6 is 0 Å². The van der Waals surface area contributed by atoms with E-state index in [1.807, 2.05) is 0 Å². The molecule has 1 heterocycles. The van der Waals surface area contributed by atoms with Gasteiger partial charge in [-0.15, -0.1) is 0 Å². The highest BCUT2D eigenvalue weighted by Gasteiger charge is 2.06. The predicted octanol–water partition coefficient (Wildman–Crippen LogP) is -0.0815. The first-order chi connectivity index (χ1) is 8.29. The van der Waals surface area contributed by atoms with Crippen molar-refractivity contribution in [3.05, 3.63) is 59.9 Å². The van der Waals surface area contributed by atoms with Gasteiger partial charge in [-0.3, -0.25) is 0 Å². The summed E-state index contributed by atoms with van der Waals surface area (Å²) in [7, 11) is 0. The molecule has 1 aromatic heterocycles. The van der Waals surface area contributed by atoms with Gasteiger partial charge >= 0.3 is 0 Å². The summed E-state index contributed by atoms with van der Waals surface area (Å²) in [6.07, 6.45) is 2.12. The first kappa shape index (κ1) is 15.0. The highest BCUT2D eigenvalue weighted by atomic mass is 127. The van der Waals surface area contributed by atoms with Crippen LogP contribution < -0.4 is 33.9 Å². The van der Waals surface area contributed by atoms with Crippen LogP contribution in [-0.2, 0) is 13.1 Å². The van der Waals surface area contributed by atoms with Crippen molar-refractivity contribution in [2.24, 2.45) is 0 Å². The lowest BCUT2D eigenvalue weighted by molar-refractivity contribution is -0.700. The fraction of sp³-hybridized carbons (Fsp3) is 0.267. The van der Waals surface area contributed by atoms with E-state index in [0.717, 1.165) is 13.1 Å². The number of benzene rings is 1. The maximum atomic E-state index is 3.46. The quantitative estimate of drug-likeness (QED) is 0.600. The highest BCUT2D eigenvalue weighted by Crippen LogP contribution is 2.10. The Labute approximate surface area is 126 Å². The van der Waals surface area contributed by atoms with Crippen LogP contribution in [0.25, 0.3) is 0 Å². The van der Waals surface area contributed by atoms with Gasteiger partial charge in [0.05, 0.1) is 0 Å². The van der Waals surface area contributed by atoms with Gasteiger partial charge in [0.25, 0.3) is 0 Å². The van der Waals surface area contributed by atoms with Gasteiger partial charge in [0, 0.05) is 17.8 Å². The summed E-state index contributed by atoms with van der Waals surface area (Å²) in [6.45, 7) is 6.14. The summed E-state index contributed by atoms with van der Waals surface area (Å²) in [6, 6.07) is 14.8. The minimum absolute atomic E-state index is 0. The van der Waals surface area contributed by atoms with Crippen molar-refractivity contribution in [1.82, 2.24) is 0 Å². The summed E-state index contributed by atoms with van der Waals surface area (Å²) >= 11 is 0. The van der Waals surface area contributed by atoms with Crippen molar-refractivity contribution in [3.8, 4) is 0 Å². The third-order valence-electron chi connectivity index (χ3n) is 2.87. The number of nitrogens with one attached hydrogen (secondary N) is 1. The molecule has 0 unspecified atom stereocenters. The molecule has 0 spiro atoms. The van der Waals surface area contributed by atoms with Crippen LogP contribution in [0.1, 0.15) is 18.2 Å². The fourth-order valence-corrected chi connectivity index (χ4v) is 1.93. The molecule has 1 N–H and O–H groups in total. The molecule has 0 amide bonds. The molecular weight excluding hydrogens is 335 g/mol. The van der Waals surface area contributed by atoms with E-state index in [4.69, 9.17) is 0 Å². The minimum Gasteiger partial charge on any atom is -1.00 e. The summed E-state index contributed by atoms with van der Waals surface area (Å²) < 4.78 is 2.25. The molecule has 18 heavy (non-hydrogen) atoms. The van der Waals surface area contributed by atoms with Crippen LogP contribution in [-0.4, -0.2) is 0 Å². The molecule has 2 nitrogen and oxygen atoms in total. The normalized spacial score (nSPS) is 9.67. The lowest BCUT2D eigenvalue weighted by Crippen LogP contribution is -3.00. The van der Waals surface area contributed by atoms with Crippen LogP contribution in [0.4, 0.5) is 5.69 Å². The first-order valence-corrected chi connectivity index (χ1v) is 6.07. The molecule has 0 saturated heterocycles. The van der Waals surface area contributed by atoms with Gasteiger partial charge < -0.3 is 29.3 Å². The largest absolute Gasteiger partial charge is 1.00 e. The molecule has 0 aliphatic heterocycles. The Morgan fingerprint density at radius 2 is 1.94 bits per heavy atom. The number of halogens is 1. The molecule has 2 rings (SSSR count). The van der Waals surface area contributed by atoms with Gasteiger partial charge in [0.2, 0.25) is 5.69 Å². The fourth-order valence-electron chi connectivity index (χ4n) is 1.93. The number of hydrogen-bond donors (Lipinski definition) is 1. The third kappa shape index (κ3) is 3.98. The zero-order valence-electron chi connectivity index (χ0n) is 10.9. The number of aromatic nitrogens is 1. The average Bonchev–Trinajstić information content (AvgIpc) is 2.37. The van der Waals surface area contributed by atoms with Gasteiger partial charge in [0.1, 0.15) is 13.1 Å².